The Balaban J connectivity index is 0.000000640. The van der Waals surface area contributed by atoms with Crippen LogP contribution < -0.4 is 0 Å². The molecule has 0 N–H and O–H groups in total. The molecule has 0 aliphatic heterocycles. The quantitative estimate of drug-likeness (QED) is 0.412. The van der Waals surface area contributed by atoms with Crippen molar-refractivity contribution in [2.75, 3.05) is 0 Å². The fraction of sp³-hybridized carbons (Fsp3) is 0. The van der Waals surface area contributed by atoms with Crippen LogP contribution in [-0.2, 0) is 0 Å². The number of benzene rings is 1. The third-order valence-corrected chi connectivity index (χ3v) is 1.84. The summed E-state index contributed by atoms with van der Waals surface area (Å²) in [6, 6.07) is 8.02. The Morgan fingerprint density at radius 2 is 1.56 bits per heavy atom. The van der Waals surface area contributed by atoms with Crippen LogP contribution >= 0.6 is 35.2 Å². The first-order valence-corrected chi connectivity index (χ1v) is 3.76. The molecule has 0 aliphatic carbocycles. The second kappa shape index (κ2) is 5.02. The van der Waals surface area contributed by atoms with Crippen LogP contribution in [0.25, 0.3) is 0 Å². The molecule has 0 aromatic heterocycles. The standard InChI is InChI=1S/C6H5IS.Na/c7-5-1-3-6(8)4-2-5;/h1-4,8H;. The summed E-state index contributed by atoms with van der Waals surface area (Å²) in [6.07, 6.45) is 0. The minimum atomic E-state index is 0. The van der Waals surface area contributed by atoms with Gasteiger partial charge >= 0.3 is 0 Å². The van der Waals surface area contributed by atoms with E-state index in [1.807, 2.05) is 24.3 Å². The SMILES string of the molecule is Sc1ccc(I)cc1.[Na]. The van der Waals surface area contributed by atoms with Crippen molar-refractivity contribution in [3.05, 3.63) is 27.8 Å². The first kappa shape index (κ1) is 10.3. The van der Waals surface area contributed by atoms with Gasteiger partial charge < -0.3 is 0 Å². The molecular weight excluding hydrogens is 254 g/mol. The van der Waals surface area contributed by atoms with Gasteiger partial charge in [-0.25, -0.2) is 0 Å². The zero-order valence-corrected chi connectivity index (χ0v) is 10.2. The molecule has 1 rings (SSSR count). The van der Waals surface area contributed by atoms with Crippen LogP contribution in [0.3, 0.4) is 0 Å². The van der Waals surface area contributed by atoms with E-state index >= 15 is 0 Å². The van der Waals surface area contributed by atoms with E-state index in [-0.39, 0.29) is 29.6 Å². The van der Waals surface area contributed by atoms with Crippen molar-refractivity contribution >= 4 is 64.8 Å². The molecule has 1 aromatic carbocycles. The van der Waals surface area contributed by atoms with Crippen molar-refractivity contribution in [3.8, 4) is 0 Å². The van der Waals surface area contributed by atoms with Crippen molar-refractivity contribution in [1.82, 2.24) is 0 Å². The Bertz CT molecular complexity index is 152. The van der Waals surface area contributed by atoms with E-state index in [4.69, 9.17) is 0 Å². The Labute approximate surface area is 96.3 Å². The predicted octanol–water partition coefficient (Wildman–Crippen LogP) is 2.20. The fourth-order valence-electron chi connectivity index (χ4n) is 0.441. The van der Waals surface area contributed by atoms with Crippen LogP contribution in [0.4, 0.5) is 0 Å². The van der Waals surface area contributed by atoms with Gasteiger partial charge in [0.25, 0.3) is 0 Å². The van der Waals surface area contributed by atoms with Crippen LogP contribution in [0.5, 0.6) is 0 Å². The second-order valence-electron chi connectivity index (χ2n) is 1.48. The normalized spacial score (nSPS) is 8.22. The van der Waals surface area contributed by atoms with Gasteiger partial charge in [-0.1, -0.05) is 0 Å². The summed E-state index contributed by atoms with van der Waals surface area (Å²) in [7, 11) is 0. The third kappa shape index (κ3) is 3.88. The second-order valence-corrected chi connectivity index (χ2v) is 3.24. The van der Waals surface area contributed by atoms with E-state index < -0.39 is 0 Å². The van der Waals surface area contributed by atoms with E-state index in [0.717, 1.165) is 4.90 Å². The average molecular weight is 259 g/mol. The van der Waals surface area contributed by atoms with E-state index in [9.17, 15) is 0 Å². The molecule has 0 amide bonds. The van der Waals surface area contributed by atoms with Gasteiger partial charge in [-0.3, -0.25) is 0 Å². The molecule has 0 saturated heterocycles. The van der Waals surface area contributed by atoms with Gasteiger partial charge in [0.2, 0.25) is 0 Å². The van der Waals surface area contributed by atoms with Crippen molar-refractivity contribution in [2.24, 2.45) is 0 Å². The first-order valence-electron chi connectivity index (χ1n) is 2.23. The van der Waals surface area contributed by atoms with Gasteiger partial charge in [-0.05, 0) is 46.9 Å². The molecule has 1 aromatic rings. The minimum Gasteiger partial charge on any atom is -0.143 e. The Kier molecular flexibility index (Phi) is 5.74. The zero-order chi connectivity index (χ0) is 5.98. The van der Waals surface area contributed by atoms with E-state index in [2.05, 4.69) is 35.2 Å². The van der Waals surface area contributed by atoms with Crippen LogP contribution in [-0.4, -0.2) is 29.6 Å². The topological polar surface area (TPSA) is 0 Å². The third-order valence-electron chi connectivity index (χ3n) is 0.827. The number of halogens is 1. The molecule has 43 valence electrons. The van der Waals surface area contributed by atoms with Gasteiger partial charge in [0, 0.05) is 38.0 Å². The number of thiol groups is 1. The molecule has 9 heavy (non-hydrogen) atoms. The van der Waals surface area contributed by atoms with Crippen molar-refractivity contribution in [2.45, 2.75) is 4.90 Å². The molecule has 1 radical (unpaired) electrons. The van der Waals surface area contributed by atoms with Crippen LogP contribution in [0.15, 0.2) is 29.2 Å². The van der Waals surface area contributed by atoms with Crippen LogP contribution in [0, 0.1) is 3.57 Å². The van der Waals surface area contributed by atoms with Crippen LogP contribution in [0.2, 0.25) is 0 Å². The smallest absolute Gasteiger partial charge is 0.0131 e. The summed E-state index contributed by atoms with van der Waals surface area (Å²) in [6.45, 7) is 0. The molecule has 0 fully saturated rings. The van der Waals surface area contributed by atoms with Gasteiger partial charge in [0.1, 0.15) is 0 Å². The molecule has 0 bridgehead atoms. The van der Waals surface area contributed by atoms with Crippen molar-refractivity contribution in [1.29, 1.82) is 0 Å². The minimum absolute atomic E-state index is 0. The molecule has 0 heterocycles. The zero-order valence-electron chi connectivity index (χ0n) is 5.13. The Morgan fingerprint density at radius 1 is 1.11 bits per heavy atom. The summed E-state index contributed by atoms with van der Waals surface area (Å²) in [5, 5.41) is 0. The summed E-state index contributed by atoms with van der Waals surface area (Å²) in [5.41, 5.74) is 0. The van der Waals surface area contributed by atoms with E-state index in [0.29, 0.717) is 0 Å². The first-order chi connectivity index (χ1) is 3.79. The molecule has 3 heteroatoms. The van der Waals surface area contributed by atoms with Gasteiger partial charge in [0.15, 0.2) is 0 Å². The van der Waals surface area contributed by atoms with Gasteiger partial charge in [0.05, 0.1) is 0 Å². The van der Waals surface area contributed by atoms with Crippen molar-refractivity contribution < 1.29 is 0 Å². The van der Waals surface area contributed by atoms with Gasteiger partial charge in [-0.15, -0.1) is 12.6 Å². The molecular formula is C6H5INaS. The largest absolute Gasteiger partial charge is 0.143 e. The maximum Gasteiger partial charge on any atom is 0.0131 e. The number of hydrogen-bond donors (Lipinski definition) is 1. The maximum atomic E-state index is 4.13. The van der Waals surface area contributed by atoms with Crippen molar-refractivity contribution in [3.63, 3.8) is 0 Å². The molecule has 0 unspecified atom stereocenters. The van der Waals surface area contributed by atoms with Gasteiger partial charge in [-0.2, -0.15) is 0 Å². The Morgan fingerprint density at radius 3 is 1.89 bits per heavy atom. The monoisotopic (exact) mass is 259 g/mol. The summed E-state index contributed by atoms with van der Waals surface area (Å²) < 4.78 is 1.25. The molecule has 0 aliphatic rings. The summed E-state index contributed by atoms with van der Waals surface area (Å²) in [4.78, 5) is 1.02. The predicted molar refractivity (Wildman–Crippen MR) is 52.2 cm³/mol. The fourth-order valence-corrected chi connectivity index (χ4v) is 0.950. The number of rotatable bonds is 0. The molecule has 0 atom stereocenters. The Hall–Kier alpha value is 1.30. The maximum absolute atomic E-state index is 4.13. The molecule has 0 nitrogen and oxygen atoms in total. The average Bonchev–Trinajstić information content (AvgIpc) is 1.77. The number of hydrogen-bond acceptors (Lipinski definition) is 1. The van der Waals surface area contributed by atoms with E-state index in [1.54, 1.807) is 0 Å². The molecule has 0 saturated carbocycles. The summed E-state index contributed by atoms with van der Waals surface area (Å²) in [5.74, 6) is 0. The summed E-state index contributed by atoms with van der Waals surface area (Å²) >= 11 is 6.39. The molecule has 0 spiro atoms. The van der Waals surface area contributed by atoms with Crippen LogP contribution in [0.1, 0.15) is 0 Å². The van der Waals surface area contributed by atoms with E-state index in [1.165, 1.54) is 3.57 Å².